The molecule has 0 unspecified atom stereocenters. The van der Waals surface area contributed by atoms with Gasteiger partial charge in [0.1, 0.15) is 0 Å². The second-order valence-corrected chi connectivity index (χ2v) is 6.50. The molecule has 0 aromatic carbocycles. The summed E-state index contributed by atoms with van der Waals surface area (Å²) in [5, 5.41) is 13.6. The molecule has 2 aliphatic carbocycles. The number of nitrogens with one attached hydrogen (secondary N) is 1. The first-order valence-electron chi connectivity index (χ1n) is 6.31. The molecule has 15 heavy (non-hydrogen) atoms. The molecule has 2 atom stereocenters. The lowest BCUT2D eigenvalue weighted by atomic mass is 9.92. The average Bonchev–Trinajstić information content (AvgIpc) is 2.51. The van der Waals surface area contributed by atoms with Gasteiger partial charge in [0.25, 0.3) is 0 Å². The fraction of sp³-hybridized carbons (Fsp3) is 1.00. The molecule has 2 rings (SSSR count). The van der Waals surface area contributed by atoms with Gasteiger partial charge in [-0.3, -0.25) is 0 Å². The Morgan fingerprint density at radius 1 is 1.00 bits per heavy atom. The third-order valence-corrected chi connectivity index (χ3v) is 5.13. The molecule has 2 heteroatoms. The molecule has 0 aliphatic heterocycles. The quantitative estimate of drug-likeness (QED) is 0.734. The van der Waals surface area contributed by atoms with Crippen molar-refractivity contribution in [3.63, 3.8) is 0 Å². The van der Waals surface area contributed by atoms with E-state index in [-0.39, 0.29) is 6.10 Å². The molecule has 0 bridgehead atoms. The Labute approximate surface area is 93.5 Å². The first kappa shape index (κ1) is 11.4. The van der Waals surface area contributed by atoms with E-state index in [1.165, 1.54) is 12.8 Å². The molecule has 0 aromatic heterocycles. The Bertz CT molecular complexity index is 233. The van der Waals surface area contributed by atoms with Crippen LogP contribution in [0.1, 0.15) is 53.4 Å². The second-order valence-electron chi connectivity index (χ2n) is 6.50. The molecule has 2 saturated carbocycles. The highest BCUT2D eigenvalue weighted by Crippen LogP contribution is 2.62. The maximum absolute atomic E-state index is 9.92. The highest BCUT2D eigenvalue weighted by Gasteiger charge is 2.65. The van der Waals surface area contributed by atoms with Crippen LogP contribution in [0.15, 0.2) is 0 Å². The van der Waals surface area contributed by atoms with E-state index < -0.39 is 0 Å². The molecule has 2 fully saturated rings. The highest BCUT2D eigenvalue weighted by molar-refractivity contribution is 5.18. The van der Waals surface area contributed by atoms with Crippen molar-refractivity contribution < 1.29 is 5.11 Å². The maximum atomic E-state index is 9.92. The SMILES string of the molecule is CC1(C)C(N[C@H]2CCCC[C@@H]2O)C1(C)C. The van der Waals surface area contributed by atoms with Crippen molar-refractivity contribution in [3.05, 3.63) is 0 Å². The summed E-state index contributed by atoms with van der Waals surface area (Å²) in [7, 11) is 0. The Morgan fingerprint density at radius 3 is 2.00 bits per heavy atom. The van der Waals surface area contributed by atoms with Crippen LogP contribution in [0.3, 0.4) is 0 Å². The van der Waals surface area contributed by atoms with Gasteiger partial charge in [-0.25, -0.2) is 0 Å². The first-order valence-corrected chi connectivity index (χ1v) is 6.31. The van der Waals surface area contributed by atoms with Crippen LogP contribution in [0, 0.1) is 10.8 Å². The Hall–Kier alpha value is -0.0800. The molecule has 88 valence electrons. The van der Waals surface area contributed by atoms with Gasteiger partial charge in [0.05, 0.1) is 6.10 Å². The minimum atomic E-state index is -0.119. The number of hydrogen-bond donors (Lipinski definition) is 2. The predicted octanol–water partition coefficient (Wildman–Crippen LogP) is 2.31. The van der Waals surface area contributed by atoms with Crippen molar-refractivity contribution >= 4 is 0 Å². The van der Waals surface area contributed by atoms with Gasteiger partial charge in [-0.1, -0.05) is 40.5 Å². The second kappa shape index (κ2) is 3.46. The summed E-state index contributed by atoms with van der Waals surface area (Å²) < 4.78 is 0. The molecule has 0 saturated heterocycles. The van der Waals surface area contributed by atoms with E-state index in [1.54, 1.807) is 0 Å². The zero-order valence-corrected chi connectivity index (χ0v) is 10.5. The first-order chi connectivity index (χ1) is 6.87. The molecule has 0 amide bonds. The number of hydrogen-bond acceptors (Lipinski definition) is 2. The lowest BCUT2D eigenvalue weighted by Crippen LogP contribution is -2.44. The lowest BCUT2D eigenvalue weighted by molar-refractivity contribution is 0.0876. The Balaban J connectivity index is 1.93. The van der Waals surface area contributed by atoms with Crippen molar-refractivity contribution in [3.8, 4) is 0 Å². The summed E-state index contributed by atoms with van der Waals surface area (Å²) in [6.45, 7) is 9.28. The molecule has 0 spiro atoms. The highest BCUT2D eigenvalue weighted by atomic mass is 16.3. The van der Waals surface area contributed by atoms with Crippen LogP contribution in [0.25, 0.3) is 0 Å². The van der Waals surface area contributed by atoms with Crippen molar-refractivity contribution in [1.29, 1.82) is 0 Å². The smallest absolute Gasteiger partial charge is 0.0693 e. The maximum Gasteiger partial charge on any atom is 0.0693 e. The van der Waals surface area contributed by atoms with E-state index in [0.29, 0.717) is 22.9 Å². The largest absolute Gasteiger partial charge is 0.392 e. The van der Waals surface area contributed by atoms with Crippen LogP contribution < -0.4 is 5.32 Å². The molecule has 0 aromatic rings. The summed E-state index contributed by atoms with van der Waals surface area (Å²) >= 11 is 0. The summed E-state index contributed by atoms with van der Waals surface area (Å²) in [6, 6.07) is 0.910. The number of rotatable bonds is 2. The minimum absolute atomic E-state index is 0.119. The van der Waals surface area contributed by atoms with E-state index >= 15 is 0 Å². The van der Waals surface area contributed by atoms with Crippen molar-refractivity contribution in [1.82, 2.24) is 5.32 Å². The van der Waals surface area contributed by atoms with Crippen molar-refractivity contribution in [2.45, 2.75) is 71.6 Å². The Morgan fingerprint density at radius 2 is 1.53 bits per heavy atom. The molecule has 0 radical (unpaired) electrons. The molecular weight excluding hydrogens is 186 g/mol. The minimum Gasteiger partial charge on any atom is -0.392 e. The molecule has 2 aliphatic rings. The summed E-state index contributed by atoms with van der Waals surface area (Å²) in [5.74, 6) is 0. The van der Waals surface area contributed by atoms with Gasteiger partial charge in [-0.15, -0.1) is 0 Å². The standard InChI is InChI=1S/C13H25NO/c1-12(2)11(13(12,3)4)14-9-7-5-6-8-10(9)15/h9-11,14-15H,5-8H2,1-4H3/t9-,10-/m0/s1. The van der Waals surface area contributed by atoms with E-state index in [0.717, 1.165) is 12.8 Å². The van der Waals surface area contributed by atoms with Crippen molar-refractivity contribution in [2.24, 2.45) is 10.8 Å². The van der Waals surface area contributed by atoms with Gasteiger partial charge < -0.3 is 10.4 Å². The van der Waals surface area contributed by atoms with Gasteiger partial charge in [-0.2, -0.15) is 0 Å². The molecule has 2 nitrogen and oxygen atoms in total. The van der Waals surface area contributed by atoms with E-state index in [9.17, 15) is 5.11 Å². The average molecular weight is 211 g/mol. The zero-order valence-electron chi connectivity index (χ0n) is 10.5. The third kappa shape index (κ3) is 1.72. The van der Waals surface area contributed by atoms with Crippen LogP contribution in [0.2, 0.25) is 0 Å². The number of aliphatic hydroxyl groups excluding tert-OH is 1. The van der Waals surface area contributed by atoms with Gasteiger partial charge >= 0.3 is 0 Å². The summed E-state index contributed by atoms with van der Waals surface area (Å²) in [4.78, 5) is 0. The predicted molar refractivity (Wildman–Crippen MR) is 62.7 cm³/mol. The van der Waals surface area contributed by atoms with Crippen LogP contribution in [0.5, 0.6) is 0 Å². The van der Waals surface area contributed by atoms with Crippen LogP contribution in [-0.2, 0) is 0 Å². The summed E-state index contributed by atoms with van der Waals surface area (Å²) in [6.07, 6.45) is 4.46. The van der Waals surface area contributed by atoms with E-state index in [4.69, 9.17) is 0 Å². The van der Waals surface area contributed by atoms with Gasteiger partial charge in [0.2, 0.25) is 0 Å². The zero-order chi connectivity index (χ0) is 11.3. The molecule has 2 N–H and O–H groups in total. The topological polar surface area (TPSA) is 32.3 Å². The van der Waals surface area contributed by atoms with E-state index in [2.05, 4.69) is 33.0 Å². The Kier molecular flexibility index (Phi) is 2.63. The van der Waals surface area contributed by atoms with Crippen LogP contribution >= 0.6 is 0 Å². The fourth-order valence-corrected chi connectivity index (χ4v) is 3.13. The summed E-state index contributed by atoms with van der Waals surface area (Å²) in [5.41, 5.74) is 0.758. The third-order valence-electron chi connectivity index (χ3n) is 5.13. The molecular formula is C13H25NO. The monoisotopic (exact) mass is 211 g/mol. The fourth-order valence-electron chi connectivity index (χ4n) is 3.13. The van der Waals surface area contributed by atoms with Gasteiger partial charge in [0.15, 0.2) is 0 Å². The molecule has 0 heterocycles. The lowest BCUT2D eigenvalue weighted by Gasteiger charge is -2.29. The normalized spacial score (nSPS) is 39.0. The van der Waals surface area contributed by atoms with Crippen LogP contribution in [-0.4, -0.2) is 23.3 Å². The van der Waals surface area contributed by atoms with E-state index in [1.807, 2.05) is 0 Å². The van der Waals surface area contributed by atoms with Gasteiger partial charge in [-0.05, 0) is 23.7 Å². The van der Waals surface area contributed by atoms with Crippen molar-refractivity contribution in [2.75, 3.05) is 0 Å². The number of aliphatic hydroxyl groups is 1. The van der Waals surface area contributed by atoms with Crippen LogP contribution in [0.4, 0.5) is 0 Å². The van der Waals surface area contributed by atoms with Gasteiger partial charge in [0, 0.05) is 12.1 Å².